The molecule has 2 rings (SSSR count). The first kappa shape index (κ1) is 29.6. The molecule has 1 N–H and O–H groups in total. The highest BCUT2D eigenvalue weighted by atomic mass is 79.9. The number of nitrogens with one attached hydrogen (secondary N) is 1. The fourth-order valence-electron chi connectivity index (χ4n) is 3.18. The van der Waals surface area contributed by atoms with Crippen LogP contribution in [0.25, 0.3) is 11.0 Å². The first-order chi connectivity index (χ1) is 15.3. The average Bonchev–Trinajstić information content (AvgIpc) is 2.99. The SMILES string of the molecule is CC(C)(C)[S+]([O-])N[C@@H](CC(C)(C)C(F)(F)F)c1nc2cc(Br)ccc2n1COCC[Si](C)(C)C. The van der Waals surface area contributed by atoms with E-state index in [0.29, 0.717) is 17.9 Å². The van der Waals surface area contributed by atoms with Gasteiger partial charge in [-0.05, 0) is 51.4 Å². The van der Waals surface area contributed by atoms with Gasteiger partial charge in [0.25, 0.3) is 0 Å². The van der Waals surface area contributed by atoms with Crippen molar-refractivity contribution >= 4 is 46.4 Å². The zero-order chi connectivity index (χ0) is 26.1. The van der Waals surface area contributed by atoms with Crippen LogP contribution < -0.4 is 4.72 Å². The fraction of sp³-hybridized carbons (Fsp3) is 0.696. The number of hydrogen-bond acceptors (Lipinski definition) is 4. The van der Waals surface area contributed by atoms with Crippen molar-refractivity contribution < 1.29 is 22.5 Å². The number of rotatable bonds is 10. The molecule has 0 aliphatic heterocycles. The molecule has 1 aromatic heterocycles. The molecule has 2 aromatic rings. The van der Waals surface area contributed by atoms with Gasteiger partial charge in [-0.1, -0.05) is 49.4 Å². The van der Waals surface area contributed by atoms with Gasteiger partial charge in [0, 0.05) is 30.5 Å². The molecule has 2 atom stereocenters. The summed E-state index contributed by atoms with van der Waals surface area (Å²) in [6, 6.07) is 5.62. The van der Waals surface area contributed by atoms with Crippen LogP contribution in [0.4, 0.5) is 13.2 Å². The van der Waals surface area contributed by atoms with Crippen LogP contribution in [-0.2, 0) is 22.8 Å². The van der Waals surface area contributed by atoms with Gasteiger partial charge >= 0.3 is 6.18 Å². The quantitative estimate of drug-likeness (QED) is 0.183. The number of benzene rings is 1. The Morgan fingerprint density at radius 3 is 2.32 bits per heavy atom. The second kappa shape index (κ2) is 10.8. The summed E-state index contributed by atoms with van der Waals surface area (Å²) in [6.45, 7) is 15.2. The predicted octanol–water partition coefficient (Wildman–Crippen LogP) is 7.18. The number of hydrogen-bond donors (Lipinski definition) is 1. The van der Waals surface area contributed by atoms with Gasteiger partial charge in [-0.25, -0.2) is 4.98 Å². The molecule has 0 spiro atoms. The van der Waals surface area contributed by atoms with Gasteiger partial charge in [0.05, 0.1) is 16.4 Å². The third-order valence-corrected chi connectivity index (χ3v) is 9.36. The molecule has 0 radical (unpaired) electrons. The second-order valence-electron chi connectivity index (χ2n) is 11.5. The lowest BCUT2D eigenvalue weighted by molar-refractivity contribution is -0.215. The normalized spacial score (nSPS) is 15.7. The molecule has 0 aliphatic carbocycles. The Balaban J connectivity index is 2.52. The smallest absolute Gasteiger partial charge is 0.394 e. The van der Waals surface area contributed by atoms with E-state index >= 15 is 0 Å². The summed E-state index contributed by atoms with van der Waals surface area (Å²) in [5.41, 5.74) is -0.629. The maximum absolute atomic E-state index is 13.8. The molecule has 1 aromatic carbocycles. The van der Waals surface area contributed by atoms with Crippen LogP contribution in [0.15, 0.2) is 22.7 Å². The van der Waals surface area contributed by atoms with E-state index in [-0.39, 0.29) is 13.2 Å². The molecule has 11 heteroatoms. The number of halogens is 4. The second-order valence-corrected chi connectivity index (χ2v) is 20.1. The standard InChI is InChI=1S/C23H37BrF3N3O2SSi/c1-21(2,3)33(31)29-18(14-22(4,5)23(25,26)27)20-28-17-13-16(24)9-10-19(17)30(20)15-32-11-12-34(6,7)8/h9-10,13,18,29H,11-12,14-15H2,1-8H3/t18-,33?/m0/s1. The molecule has 0 amide bonds. The van der Waals surface area contributed by atoms with E-state index in [9.17, 15) is 17.7 Å². The lowest BCUT2D eigenvalue weighted by Gasteiger charge is -2.34. The van der Waals surface area contributed by atoms with Crippen LogP contribution in [0.2, 0.25) is 25.7 Å². The van der Waals surface area contributed by atoms with Crippen LogP contribution in [0, 0.1) is 5.41 Å². The average molecular weight is 585 g/mol. The van der Waals surface area contributed by atoms with Crippen molar-refractivity contribution in [2.45, 2.75) is 90.4 Å². The van der Waals surface area contributed by atoms with Crippen molar-refractivity contribution in [1.82, 2.24) is 14.3 Å². The summed E-state index contributed by atoms with van der Waals surface area (Å²) < 4.78 is 65.4. The van der Waals surface area contributed by atoms with E-state index in [1.54, 1.807) is 25.3 Å². The molecule has 194 valence electrons. The molecule has 1 unspecified atom stereocenters. The number of imidazole rings is 1. The minimum absolute atomic E-state index is 0.157. The zero-order valence-corrected chi connectivity index (χ0v) is 24.7. The van der Waals surface area contributed by atoms with Gasteiger partial charge in [0.1, 0.15) is 23.3 Å². The van der Waals surface area contributed by atoms with Gasteiger partial charge in [0.2, 0.25) is 0 Å². The van der Waals surface area contributed by atoms with Crippen molar-refractivity contribution in [2.24, 2.45) is 5.41 Å². The van der Waals surface area contributed by atoms with Crippen molar-refractivity contribution in [3.05, 3.63) is 28.5 Å². The van der Waals surface area contributed by atoms with E-state index in [2.05, 4.69) is 40.3 Å². The Morgan fingerprint density at radius 2 is 1.79 bits per heavy atom. The molecule has 0 saturated heterocycles. The molecule has 0 bridgehead atoms. The molecule has 0 saturated carbocycles. The molecular formula is C23H37BrF3N3O2SSi. The van der Waals surface area contributed by atoms with Crippen LogP contribution in [-0.4, -0.2) is 39.7 Å². The Bertz CT molecular complexity index is 971. The zero-order valence-electron chi connectivity index (χ0n) is 21.3. The van der Waals surface area contributed by atoms with E-state index in [1.807, 2.05) is 18.2 Å². The van der Waals surface area contributed by atoms with E-state index < -0.39 is 41.8 Å². The topological polar surface area (TPSA) is 62.1 Å². The molecule has 0 aliphatic rings. The number of alkyl halides is 3. The maximum atomic E-state index is 13.8. The number of ether oxygens (including phenoxy) is 1. The molecule has 5 nitrogen and oxygen atoms in total. The number of fused-ring (bicyclic) bond motifs is 1. The minimum Gasteiger partial charge on any atom is -0.598 e. The van der Waals surface area contributed by atoms with Gasteiger partial charge in [-0.3, -0.25) is 0 Å². The van der Waals surface area contributed by atoms with Crippen molar-refractivity contribution in [2.75, 3.05) is 6.61 Å². The Labute approximate surface area is 213 Å². The molecular weight excluding hydrogens is 547 g/mol. The highest BCUT2D eigenvalue weighted by molar-refractivity contribution is 9.10. The third kappa shape index (κ3) is 7.96. The lowest BCUT2D eigenvalue weighted by atomic mass is 9.85. The maximum Gasteiger partial charge on any atom is 0.394 e. The highest BCUT2D eigenvalue weighted by Gasteiger charge is 2.50. The first-order valence-electron chi connectivity index (χ1n) is 11.3. The van der Waals surface area contributed by atoms with Gasteiger partial charge in [-0.15, -0.1) is 4.72 Å². The summed E-state index contributed by atoms with van der Waals surface area (Å²) in [7, 11) is -1.31. The van der Waals surface area contributed by atoms with Crippen molar-refractivity contribution in [3.63, 3.8) is 0 Å². The van der Waals surface area contributed by atoms with Crippen LogP contribution in [0.5, 0.6) is 0 Å². The number of aromatic nitrogens is 2. The Morgan fingerprint density at radius 1 is 1.18 bits per heavy atom. The fourth-order valence-corrected chi connectivity index (χ4v) is 5.08. The van der Waals surface area contributed by atoms with Crippen LogP contribution in [0.3, 0.4) is 0 Å². The van der Waals surface area contributed by atoms with Gasteiger partial charge in [-0.2, -0.15) is 13.2 Å². The van der Waals surface area contributed by atoms with E-state index in [1.165, 1.54) is 0 Å². The van der Waals surface area contributed by atoms with Gasteiger partial charge < -0.3 is 13.9 Å². The van der Waals surface area contributed by atoms with Crippen LogP contribution >= 0.6 is 15.9 Å². The minimum atomic E-state index is -4.43. The first-order valence-corrected chi connectivity index (χ1v) is 16.9. The summed E-state index contributed by atoms with van der Waals surface area (Å²) in [6.07, 6.45) is -4.75. The summed E-state index contributed by atoms with van der Waals surface area (Å²) in [5.74, 6) is 0.385. The number of nitrogens with zero attached hydrogens (tertiary/aromatic N) is 2. The monoisotopic (exact) mass is 583 g/mol. The summed E-state index contributed by atoms with van der Waals surface area (Å²) in [4.78, 5) is 4.70. The summed E-state index contributed by atoms with van der Waals surface area (Å²) in [5, 5.41) is 0. The van der Waals surface area contributed by atoms with E-state index in [4.69, 9.17) is 9.72 Å². The molecule has 0 fully saturated rings. The van der Waals surface area contributed by atoms with Gasteiger partial charge in [0.15, 0.2) is 0 Å². The third-order valence-electron chi connectivity index (χ3n) is 5.56. The van der Waals surface area contributed by atoms with Crippen molar-refractivity contribution in [3.8, 4) is 0 Å². The highest BCUT2D eigenvalue weighted by Crippen LogP contribution is 2.44. The van der Waals surface area contributed by atoms with E-state index in [0.717, 1.165) is 29.9 Å². The lowest BCUT2D eigenvalue weighted by Crippen LogP contribution is -2.45. The summed E-state index contributed by atoms with van der Waals surface area (Å²) >= 11 is 1.84. The van der Waals surface area contributed by atoms with Crippen molar-refractivity contribution in [1.29, 1.82) is 0 Å². The molecule has 34 heavy (non-hydrogen) atoms. The Hall–Kier alpha value is -0.593. The largest absolute Gasteiger partial charge is 0.598 e. The van der Waals surface area contributed by atoms with Crippen LogP contribution in [0.1, 0.15) is 52.9 Å². The molecule has 1 heterocycles. The predicted molar refractivity (Wildman–Crippen MR) is 140 cm³/mol. The Kier molecular flexibility index (Phi) is 9.41.